The van der Waals surface area contributed by atoms with Gasteiger partial charge in [0.25, 0.3) is 0 Å². The van der Waals surface area contributed by atoms with Gasteiger partial charge in [0.05, 0.1) is 13.7 Å². The Morgan fingerprint density at radius 3 is 2.55 bits per heavy atom. The number of benzene rings is 2. The number of carbonyl (C=O) groups excluding carboxylic acids is 1. The van der Waals surface area contributed by atoms with Gasteiger partial charge < -0.3 is 14.2 Å². The number of methoxy groups -OCH3 is 1. The summed E-state index contributed by atoms with van der Waals surface area (Å²) in [6.07, 6.45) is 0.761. The van der Waals surface area contributed by atoms with E-state index in [4.69, 9.17) is 14.2 Å². The van der Waals surface area contributed by atoms with E-state index in [2.05, 4.69) is 0 Å². The lowest BCUT2D eigenvalue weighted by Crippen LogP contribution is -2.04. The number of hydrogen-bond acceptors (Lipinski definition) is 4. The molecule has 0 radical (unpaired) electrons. The number of aldehydes is 1. The SMILES string of the molecule is COc1ccc(C=O)cc1OCOCc1ccccc1. The third-order valence-electron chi connectivity index (χ3n) is 2.73. The summed E-state index contributed by atoms with van der Waals surface area (Å²) in [4.78, 5) is 10.7. The van der Waals surface area contributed by atoms with Gasteiger partial charge in [-0.2, -0.15) is 0 Å². The van der Waals surface area contributed by atoms with Crippen molar-refractivity contribution in [2.75, 3.05) is 13.9 Å². The molecule has 0 unspecified atom stereocenters. The Balaban J connectivity index is 1.88. The molecule has 0 aliphatic rings. The molecule has 0 fully saturated rings. The van der Waals surface area contributed by atoms with Gasteiger partial charge in [-0.15, -0.1) is 0 Å². The molecule has 0 heterocycles. The molecule has 2 rings (SSSR count). The molecule has 0 atom stereocenters. The summed E-state index contributed by atoms with van der Waals surface area (Å²) in [5.41, 5.74) is 1.61. The number of carbonyl (C=O) groups is 1. The first-order chi connectivity index (χ1) is 9.83. The van der Waals surface area contributed by atoms with E-state index >= 15 is 0 Å². The van der Waals surface area contributed by atoms with Crippen molar-refractivity contribution < 1.29 is 19.0 Å². The lowest BCUT2D eigenvalue weighted by Gasteiger charge is -2.11. The van der Waals surface area contributed by atoms with Crippen molar-refractivity contribution in [2.45, 2.75) is 6.61 Å². The second kappa shape index (κ2) is 7.31. The third-order valence-corrected chi connectivity index (χ3v) is 2.73. The van der Waals surface area contributed by atoms with Crippen LogP contribution in [0.2, 0.25) is 0 Å². The molecular formula is C16H16O4. The average Bonchev–Trinajstić information content (AvgIpc) is 2.52. The van der Waals surface area contributed by atoms with Crippen molar-refractivity contribution in [2.24, 2.45) is 0 Å². The summed E-state index contributed by atoms with van der Waals surface area (Å²) < 4.78 is 16.1. The molecule has 0 aliphatic carbocycles. The smallest absolute Gasteiger partial charge is 0.189 e. The molecule has 4 heteroatoms. The van der Waals surface area contributed by atoms with E-state index in [0.717, 1.165) is 11.8 Å². The lowest BCUT2D eigenvalue weighted by molar-refractivity contribution is 0.00373. The van der Waals surface area contributed by atoms with E-state index in [1.54, 1.807) is 25.3 Å². The zero-order valence-electron chi connectivity index (χ0n) is 11.2. The van der Waals surface area contributed by atoms with Crippen LogP contribution in [0.3, 0.4) is 0 Å². The number of rotatable bonds is 7. The van der Waals surface area contributed by atoms with E-state index in [0.29, 0.717) is 23.7 Å². The summed E-state index contributed by atoms with van der Waals surface area (Å²) in [5.74, 6) is 1.06. The van der Waals surface area contributed by atoms with Crippen LogP contribution in [0.25, 0.3) is 0 Å². The molecule has 0 amide bonds. The fourth-order valence-electron chi connectivity index (χ4n) is 1.72. The lowest BCUT2D eigenvalue weighted by atomic mass is 10.2. The van der Waals surface area contributed by atoms with Gasteiger partial charge in [-0.3, -0.25) is 4.79 Å². The molecule has 2 aromatic rings. The standard InChI is InChI=1S/C16H16O4/c1-18-15-8-7-14(10-17)9-16(15)20-12-19-11-13-5-3-2-4-6-13/h2-10H,11-12H2,1H3. The van der Waals surface area contributed by atoms with Gasteiger partial charge >= 0.3 is 0 Å². The highest BCUT2D eigenvalue weighted by molar-refractivity contribution is 5.76. The molecule has 20 heavy (non-hydrogen) atoms. The normalized spacial score (nSPS) is 10.1. The first kappa shape index (κ1) is 14.1. The Hall–Kier alpha value is -2.33. The summed E-state index contributed by atoms with van der Waals surface area (Å²) in [5, 5.41) is 0. The minimum atomic E-state index is 0.0908. The monoisotopic (exact) mass is 272 g/mol. The van der Waals surface area contributed by atoms with Gasteiger partial charge in [-0.05, 0) is 23.8 Å². The highest BCUT2D eigenvalue weighted by Crippen LogP contribution is 2.27. The van der Waals surface area contributed by atoms with Gasteiger partial charge in [0.2, 0.25) is 0 Å². The van der Waals surface area contributed by atoms with Crippen molar-refractivity contribution in [3.8, 4) is 11.5 Å². The van der Waals surface area contributed by atoms with Crippen molar-refractivity contribution in [1.29, 1.82) is 0 Å². The quantitative estimate of drug-likeness (QED) is 0.441. The zero-order valence-corrected chi connectivity index (χ0v) is 11.2. The van der Waals surface area contributed by atoms with E-state index in [1.807, 2.05) is 30.3 Å². The Kier molecular flexibility index (Phi) is 5.15. The van der Waals surface area contributed by atoms with E-state index in [9.17, 15) is 4.79 Å². The minimum absolute atomic E-state index is 0.0908. The predicted molar refractivity (Wildman–Crippen MR) is 75.1 cm³/mol. The predicted octanol–water partition coefficient (Wildman–Crippen LogP) is 3.06. The molecule has 0 saturated heterocycles. The van der Waals surface area contributed by atoms with Gasteiger partial charge in [0.15, 0.2) is 18.3 Å². The molecule has 0 aliphatic heterocycles. The minimum Gasteiger partial charge on any atom is -0.493 e. The van der Waals surface area contributed by atoms with Crippen LogP contribution in [-0.2, 0) is 11.3 Å². The Morgan fingerprint density at radius 1 is 1.05 bits per heavy atom. The summed E-state index contributed by atoms with van der Waals surface area (Å²) >= 11 is 0. The van der Waals surface area contributed by atoms with Crippen LogP contribution in [0.15, 0.2) is 48.5 Å². The first-order valence-corrected chi connectivity index (χ1v) is 6.21. The molecular weight excluding hydrogens is 256 g/mol. The van der Waals surface area contributed by atoms with Crippen LogP contribution < -0.4 is 9.47 Å². The second-order valence-corrected chi connectivity index (χ2v) is 4.12. The molecule has 0 aromatic heterocycles. The fourth-order valence-corrected chi connectivity index (χ4v) is 1.72. The highest BCUT2D eigenvalue weighted by Gasteiger charge is 2.05. The van der Waals surface area contributed by atoms with Gasteiger partial charge in [-0.1, -0.05) is 30.3 Å². The van der Waals surface area contributed by atoms with Crippen LogP contribution in [0.5, 0.6) is 11.5 Å². The third kappa shape index (κ3) is 3.83. The van der Waals surface area contributed by atoms with E-state index < -0.39 is 0 Å². The highest BCUT2D eigenvalue weighted by atomic mass is 16.7. The maximum atomic E-state index is 10.7. The van der Waals surface area contributed by atoms with Crippen molar-refractivity contribution in [3.05, 3.63) is 59.7 Å². The Bertz CT molecular complexity index is 552. The van der Waals surface area contributed by atoms with Gasteiger partial charge in [0.1, 0.15) is 6.29 Å². The maximum absolute atomic E-state index is 10.7. The Labute approximate surface area is 117 Å². The first-order valence-electron chi connectivity index (χ1n) is 6.21. The molecule has 104 valence electrons. The average molecular weight is 272 g/mol. The van der Waals surface area contributed by atoms with E-state index in [1.165, 1.54) is 0 Å². The second-order valence-electron chi connectivity index (χ2n) is 4.12. The molecule has 0 spiro atoms. The molecule has 0 N–H and O–H groups in total. The Morgan fingerprint density at radius 2 is 1.85 bits per heavy atom. The number of hydrogen-bond donors (Lipinski definition) is 0. The van der Waals surface area contributed by atoms with Crippen LogP contribution >= 0.6 is 0 Å². The summed E-state index contributed by atoms with van der Waals surface area (Å²) in [6, 6.07) is 14.8. The number of ether oxygens (including phenoxy) is 3. The van der Waals surface area contributed by atoms with Gasteiger partial charge in [0, 0.05) is 5.56 Å². The maximum Gasteiger partial charge on any atom is 0.189 e. The molecule has 0 bridgehead atoms. The molecule has 2 aromatic carbocycles. The van der Waals surface area contributed by atoms with Crippen LogP contribution in [0, 0.1) is 0 Å². The topological polar surface area (TPSA) is 44.8 Å². The molecule has 0 saturated carbocycles. The van der Waals surface area contributed by atoms with E-state index in [-0.39, 0.29) is 6.79 Å². The van der Waals surface area contributed by atoms with Crippen LogP contribution in [0.1, 0.15) is 15.9 Å². The van der Waals surface area contributed by atoms with Crippen molar-refractivity contribution >= 4 is 6.29 Å². The van der Waals surface area contributed by atoms with Crippen molar-refractivity contribution in [1.82, 2.24) is 0 Å². The van der Waals surface area contributed by atoms with Gasteiger partial charge in [-0.25, -0.2) is 0 Å². The van der Waals surface area contributed by atoms with Crippen LogP contribution in [-0.4, -0.2) is 20.2 Å². The molecule has 4 nitrogen and oxygen atoms in total. The van der Waals surface area contributed by atoms with Crippen LogP contribution in [0.4, 0.5) is 0 Å². The summed E-state index contributed by atoms with van der Waals surface area (Å²) in [7, 11) is 1.55. The summed E-state index contributed by atoms with van der Waals surface area (Å²) in [6.45, 7) is 0.560. The largest absolute Gasteiger partial charge is 0.493 e. The van der Waals surface area contributed by atoms with Crippen molar-refractivity contribution in [3.63, 3.8) is 0 Å². The zero-order chi connectivity index (χ0) is 14.2. The fraction of sp³-hybridized carbons (Fsp3) is 0.188.